The van der Waals surface area contributed by atoms with Gasteiger partial charge in [0.25, 0.3) is 5.22 Å². The maximum atomic E-state index is 5.54. The monoisotopic (exact) mass is 296 g/mol. The van der Waals surface area contributed by atoms with E-state index in [4.69, 9.17) is 4.42 Å². The Kier molecular flexibility index (Phi) is 5.97. The van der Waals surface area contributed by atoms with Crippen molar-refractivity contribution in [1.82, 2.24) is 10.3 Å². The maximum Gasteiger partial charge on any atom is 0.256 e. The summed E-state index contributed by atoms with van der Waals surface area (Å²) in [5.74, 6) is 1.61. The lowest BCUT2D eigenvalue weighted by molar-refractivity contribution is 0.245. The molecule has 0 bridgehead atoms. The van der Waals surface area contributed by atoms with Gasteiger partial charge in [-0.3, -0.25) is 0 Å². The molecule has 0 aromatic carbocycles. The molecular weight excluding hydrogens is 268 g/mol. The predicted molar refractivity (Wildman–Crippen MR) is 85.1 cm³/mol. The third-order valence-corrected chi connectivity index (χ3v) is 5.49. The SMILES string of the molecule is CCCNC1CCC(C(C)C)CC1Sc1nc(C)co1. The zero-order valence-electron chi connectivity index (χ0n) is 13.2. The van der Waals surface area contributed by atoms with E-state index in [0.717, 1.165) is 29.3 Å². The molecule has 1 heterocycles. The third-order valence-electron chi connectivity index (χ3n) is 4.28. The predicted octanol–water partition coefficient (Wildman–Crippen LogP) is 4.27. The van der Waals surface area contributed by atoms with Crippen LogP contribution in [-0.4, -0.2) is 22.8 Å². The average Bonchev–Trinajstić information content (AvgIpc) is 2.82. The number of thioether (sulfide) groups is 1. The standard InChI is InChI=1S/C16H28N2OS/c1-5-8-17-14-7-6-13(11(2)3)9-15(14)20-16-18-12(4)10-19-16/h10-11,13-15,17H,5-9H2,1-4H3. The van der Waals surface area contributed by atoms with E-state index in [0.29, 0.717) is 11.3 Å². The number of nitrogens with zero attached hydrogens (tertiary/aromatic N) is 1. The zero-order chi connectivity index (χ0) is 14.5. The molecule has 2 rings (SSSR count). The summed E-state index contributed by atoms with van der Waals surface area (Å²) in [4.78, 5) is 4.46. The van der Waals surface area contributed by atoms with Gasteiger partial charge in [0, 0.05) is 11.3 Å². The van der Waals surface area contributed by atoms with E-state index in [1.165, 1.54) is 25.7 Å². The second-order valence-corrected chi connectivity index (χ2v) is 7.48. The highest BCUT2D eigenvalue weighted by Crippen LogP contribution is 2.38. The van der Waals surface area contributed by atoms with Crippen molar-refractivity contribution in [2.75, 3.05) is 6.54 Å². The second kappa shape index (κ2) is 7.51. The highest BCUT2D eigenvalue weighted by atomic mass is 32.2. The Balaban J connectivity index is 2.00. The summed E-state index contributed by atoms with van der Waals surface area (Å²) >= 11 is 1.82. The highest BCUT2D eigenvalue weighted by molar-refractivity contribution is 7.99. The van der Waals surface area contributed by atoms with Crippen molar-refractivity contribution in [2.24, 2.45) is 11.8 Å². The Morgan fingerprint density at radius 1 is 1.45 bits per heavy atom. The molecule has 0 aliphatic heterocycles. The van der Waals surface area contributed by atoms with Crippen LogP contribution in [0.15, 0.2) is 15.9 Å². The van der Waals surface area contributed by atoms with E-state index in [-0.39, 0.29) is 0 Å². The smallest absolute Gasteiger partial charge is 0.256 e. The molecule has 0 radical (unpaired) electrons. The molecule has 1 saturated carbocycles. The Morgan fingerprint density at radius 2 is 2.25 bits per heavy atom. The third kappa shape index (κ3) is 4.26. The molecule has 1 aliphatic carbocycles. The topological polar surface area (TPSA) is 38.1 Å². The summed E-state index contributed by atoms with van der Waals surface area (Å²) in [5, 5.41) is 5.14. The number of rotatable bonds is 6. The van der Waals surface area contributed by atoms with Crippen LogP contribution in [-0.2, 0) is 0 Å². The van der Waals surface area contributed by atoms with Gasteiger partial charge in [0.1, 0.15) is 6.26 Å². The van der Waals surface area contributed by atoms with Gasteiger partial charge in [-0.15, -0.1) is 0 Å². The molecule has 20 heavy (non-hydrogen) atoms. The van der Waals surface area contributed by atoms with Gasteiger partial charge in [-0.2, -0.15) is 0 Å². The first-order valence-electron chi connectivity index (χ1n) is 7.92. The van der Waals surface area contributed by atoms with Crippen LogP contribution in [0.1, 0.15) is 52.1 Å². The molecule has 1 aromatic heterocycles. The normalized spacial score (nSPS) is 27.1. The summed E-state index contributed by atoms with van der Waals surface area (Å²) in [5.41, 5.74) is 0.974. The first-order valence-corrected chi connectivity index (χ1v) is 8.80. The Morgan fingerprint density at radius 3 is 2.85 bits per heavy atom. The Bertz CT molecular complexity index is 405. The van der Waals surface area contributed by atoms with Crippen LogP contribution >= 0.6 is 11.8 Å². The summed E-state index contributed by atoms with van der Waals surface area (Å²) in [6, 6.07) is 0.599. The van der Waals surface area contributed by atoms with E-state index >= 15 is 0 Å². The molecule has 1 N–H and O–H groups in total. The molecular formula is C16H28N2OS. The molecule has 1 aromatic rings. The molecule has 114 valence electrons. The summed E-state index contributed by atoms with van der Waals surface area (Å²) in [7, 11) is 0. The van der Waals surface area contributed by atoms with Crippen LogP contribution in [0.3, 0.4) is 0 Å². The van der Waals surface area contributed by atoms with E-state index in [1.807, 2.05) is 18.7 Å². The minimum absolute atomic E-state index is 0.584. The van der Waals surface area contributed by atoms with Crippen molar-refractivity contribution in [3.63, 3.8) is 0 Å². The van der Waals surface area contributed by atoms with Crippen molar-refractivity contribution in [3.8, 4) is 0 Å². The summed E-state index contributed by atoms with van der Waals surface area (Å²) < 4.78 is 5.54. The molecule has 1 aliphatic rings. The number of nitrogens with one attached hydrogen (secondary N) is 1. The van der Waals surface area contributed by atoms with E-state index in [2.05, 4.69) is 31.1 Å². The molecule has 3 atom stereocenters. The van der Waals surface area contributed by atoms with Crippen molar-refractivity contribution < 1.29 is 4.42 Å². The van der Waals surface area contributed by atoms with Crippen LogP contribution in [0.2, 0.25) is 0 Å². The second-order valence-electron chi connectivity index (χ2n) is 6.29. The highest BCUT2D eigenvalue weighted by Gasteiger charge is 2.33. The molecule has 0 saturated heterocycles. The zero-order valence-corrected chi connectivity index (χ0v) is 14.0. The number of aromatic nitrogens is 1. The number of aryl methyl sites for hydroxylation is 1. The fraction of sp³-hybridized carbons (Fsp3) is 0.812. The van der Waals surface area contributed by atoms with E-state index in [1.54, 1.807) is 6.26 Å². The van der Waals surface area contributed by atoms with Gasteiger partial charge in [-0.1, -0.05) is 32.5 Å². The van der Waals surface area contributed by atoms with Crippen molar-refractivity contribution in [1.29, 1.82) is 0 Å². The molecule has 3 nitrogen and oxygen atoms in total. The fourth-order valence-corrected chi connectivity index (χ4v) is 4.27. The average molecular weight is 296 g/mol. The van der Waals surface area contributed by atoms with Crippen LogP contribution in [0.25, 0.3) is 0 Å². The summed E-state index contributed by atoms with van der Waals surface area (Å²) in [6.45, 7) is 10.0. The quantitative estimate of drug-likeness (QED) is 0.851. The van der Waals surface area contributed by atoms with Crippen LogP contribution < -0.4 is 5.32 Å². The van der Waals surface area contributed by atoms with Gasteiger partial charge in [-0.05, 0) is 51.0 Å². The number of hydrogen-bond donors (Lipinski definition) is 1. The van der Waals surface area contributed by atoms with Crippen LogP contribution in [0.5, 0.6) is 0 Å². The first kappa shape index (κ1) is 15.9. The van der Waals surface area contributed by atoms with Crippen molar-refractivity contribution in [3.05, 3.63) is 12.0 Å². The van der Waals surface area contributed by atoms with Gasteiger partial charge >= 0.3 is 0 Å². The molecule has 0 spiro atoms. The van der Waals surface area contributed by atoms with Gasteiger partial charge in [0.2, 0.25) is 0 Å². The first-order chi connectivity index (χ1) is 9.60. The van der Waals surface area contributed by atoms with Crippen LogP contribution in [0.4, 0.5) is 0 Å². The molecule has 1 fully saturated rings. The Labute approximate surface area is 127 Å². The van der Waals surface area contributed by atoms with Crippen molar-refractivity contribution >= 4 is 11.8 Å². The van der Waals surface area contributed by atoms with Gasteiger partial charge in [0.05, 0.1) is 5.69 Å². The molecule has 3 unspecified atom stereocenters. The fourth-order valence-electron chi connectivity index (χ4n) is 2.98. The van der Waals surface area contributed by atoms with Crippen LogP contribution in [0, 0.1) is 18.8 Å². The lowest BCUT2D eigenvalue weighted by Gasteiger charge is -2.37. The minimum atomic E-state index is 0.584. The van der Waals surface area contributed by atoms with Crippen molar-refractivity contribution in [2.45, 2.75) is 69.9 Å². The van der Waals surface area contributed by atoms with E-state index in [9.17, 15) is 0 Å². The maximum absolute atomic E-state index is 5.54. The molecule has 4 heteroatoms. The summed E-state index contributed by atoms with van der Waals surface area (Å²) in [6.07, 6.45) is 6.84. The van der Waals surface area contributed by atoms with Gasteiger partial charge < -0.3 is 9.73 Å². The largest absolute Gasteiger partial charge is 0.440 e. The lowest BCUT2D eigenvalue weighted by Crippen LogP contribution is -2.43. The van der Waals surface area contributed by atoms with E-state index < -0.39 is 0 Å². The molecule has 0 amide bonds. The minimum Gasteiger partial charge on any atom is -0.440 e. The Hall–Kier alpha value is -0.480. The lowest BCUT2D eigenvalue weighted by atomic mass is 9.79. The number of oxazole rings is 1. The number of hydrogen-bond acceptors (Lipinski definition) is 4. The van der Waals surface area contributed by atoms with Gasteiger partial charge in [0.15, 0.2) is 0 Å². The van der Waals surface area contributed by atoms with Gasteiger partial charge in [-0.25, -0.2) is 4.98 Å².